The Morgan fingerprint density at radius 3 is 2.88 bits per heavy atom. The molecular weight excluding hydrogens is 345 g/mol. The number of halogens is 1. The molecule has 0 aliphatic carbocycles. The van der Waals surface area contributed by atoms with Crippen LogP contribution >= 0.6 is 0 Å². The third-order valence-electron chi connectivity index (χ3n) is 3.67. The van der Waals surface area contributed by atoms with Gasteiger partial charge in [0.15, 0.2) is 0 Å². The van der Waals surface area contributed by atoms with E-state index >= 15 is 0 Å². The Labute approximate surface area is 146 Å². The van der Waals surface area contributed by atoms with Gasteiger partial charge in [-0.25, -0.2) is 9.37 Å². The maximum atomic E-state index is 13.2. The predicted octanol–water partition coefficient (Wildman–Crippen LogP) is 1.88. The van der Waals surface area contributed by atoms with Crippen LogP contribution in [0.1, 0.15) is 0 Å². The molecule has 0 aliphatic rings. The van der Waals surface area contributed by atoms with Gasteiger partial charge in [-0.3, -0.25) is 19.5 Å². The summed E-state index contributed by atoms with van der Waals surface area (Å²) in [6.45, 7) is -0.261. The number of hydrogen-bond acceptors (Lipinski definition) is 6. The standard InChI is InChI=1S/C17H14FN3O5/c18-11-4-5-15-16(6-11)19-10-20(17(15)23)8-13(22)9-26-14-3-1-2-12(7-14)21(24)25/h1-7,10,13,22H,8-9H2/t13-/m0/s1. The van der Waals surface area contributed by atoms with Crippen LogP contribution < -0.4 is 10.3 Å². The molecule has 1 aromatic heterocycles. The fourth-order valence-electron chi connectivity index (χ4n) is 2.42. The highest BCUT2D eigenvalue weighted by molar-refractivity contribution is 5.77. The van der Waals surface area contributed by atoms with E-state index in [4.69, 9.17) is 4.74 Å². The minimum Gasteiger partial charge on any atom is -0.491 e. The van der Waals surface area contributed by atoms with Crippen LogP contribution in [0.15, 0.2) is 53.6 Å². The lowest BCUT2D eigenvalue weighted by Gasteiger charge is -2.14. The second-order valence-electron chi connectivity index (χ2n) is 5.58. The third-order valence-corrected chi connectivity index (χ3v) is 3.67. The molecule has 2 aromatic carbocycles. The van der Waals surface area contributed by atoms with Crippen molar-refractivity contribution in [3.8, 4) is 5.75 Å². The molecule has 0 saturated carbocycles. The first-order valence-electron chi connectivity index (χ1n) is 7.64. The van der Waals surface area contributed by atoms with Crippen LogP contribution in [0.25, 0.3) is 10.9 Å². The fourth-order valence-corrected chi connectivity index (χ4v) is 2.42. The van der Waals surface area contributed by atoms with Crippen molar-refractivity contribution in [2.75, 3.05) is 6.61 Å². The largest absolute Gasteiger partial charge is 0.491 e. The van der Waals surface area contributed by atoms with Crippen LogP contribution in [-0.4, -0.2) is 32.3 Å². The number of nitrogens with zero attached hydrogens (tertiary/aromatic N) is 3. The number of hydrogen-bond donors (Lipinski definition) is 1. The smallest absolute Gasteiger partial charge is 0.273 e. The molecule has 1 heterocycles. The zero-order valence-corrected chi connectivity index (χ0v) is 13.4. The van der Waals surface area contributed by atoms with E-state index in [-0.39, 0.29) is 35.5 Å². The molecule has 134 valence electrons. The third kappa shape index (κ3) is 3.83. The van der Waals surface area contributed by atoms with E-state index in [2.05, 4.69) is 4.98 Å². The zero-order chi connectivity index (χ0) is 18.7. The van der Waals surface area contributed by atoms with Gasteiger partial charge in [0, 0.05) is 12.1 Å². The number of non-ortho nitro benzene ring substituents is 1. The average molecular weight is 359 g/mol. The number of fused-ring (bicyclic) bond motifs is 1. The maximum Gasteiger partial charge on any atom is 0.273 e. The second kappa shape index (κ2) is 7.28. The van der Waals surface area contributed by atoms with Gasteiger partial charge < -0.3 is 9.84 Å². The monoisotopic (exact) mass is 359 g/mol. The van der Waals surface area contributed by atoms with E-state index in [0.29, 0.717) is 0 Å². The van der Waals surface area contributed by atoms with E-state index < -0.39 is 22.4 Å². The highest BCUT2D eigenvalue weighted by atomic mass is 19.1. The summed E-state index contributed by atoms with van der Waals surface area (Å²) in [5, 5.41) is 21.0. The first-order chi connectivity index (χ1) is 12.4. The van der Waals surface area contributed by atoms with Crippen LogP contribution in [-0.2, 0) is 6.54 Å². The topological polar surface area (TPSA) is 107 Å². The lowest BCUT2D eigenvalue weighted by atomic mass is 10.2. The number of nitro groups is 1. The Morgan fingerprint density at radius 2 is 2.12 bits per heavy atom. The van der Waals surface area contributed by atoms with Gasteiger partial charge in [0.25, 0.3) is 11.2 Å². The Morgan fingerprint density at radius 1 is 1.31 bits per heavy atom. The Hall–Kier alpha value is -3.33. The number of nitro benzene ring substituents is 1. The van der Waals surface area contributed by atoms with Gasteiger partial charge in [-0.2, -0.15) is 0 Å². The SMILES string of the molecule is O=c1c2ccc(F)cc2ncn1C[C@H](O)COc1cccc([N+](=O)[O-])c1. The molecule has 0 amide bonds. The van der Waals surface area contributed by atoms with Crippen LogP contribution in [0.5, 0.6) is 5.75 Å². The minimum absolute atomic E-state index is 0.0892. The fraction of sp³-hybridized carbons (Fsp3) is 0.176. The van der Waals surface area contributed by atoms with Gasteiger partial charge in [-0.1, -0.05) is 6.07 Å². The maximum absolute atomic E-state index is 13.2. The summed E-state index contributed by atoms with van der Waals surface area (Å²) in [6.07, 6.45) is 0.174. The Bertz CT molecular complexity index is 1020. The number of rotatable bonds is 6. The second-order valence-corrected chi connectivity index (χ2v) is 5.58. The highest BCUT2D eigenvalue weighted by Gasteiger charge is 2.12. The molecule has 0 radical (unpaired) electrons. The molecule has 3 rings (SSSR count). The van der Waals surface area contributed by atoms with Crippen molar-refractivity contribution in [3.05, 3.63) is 75.1 Å². The van der Waals surface area contributed by atoms with Gasteiger partial charge in [-0.05, 0) is 18.2 Å². The molecule has 8 nitrogen and oxygen atoms in total. The molecule has 1 N–H and O–H groups in total. The van der Waals surface area contributed by atoms with Gasteiger partial charge in [0.1, 0.15) is 24.3 Å². The van der Waals surface area contributed by atoms with Crippen molar-refractivity contribution >= 4 is 16.6 Å². The summed E-state index contributed by atoms with van der Waals surface area (Å²) in [5.41, 5.74) is -0.308. The molecule has 0 fully saturated rings. The average Bonchev–Trinajstić information content (AvgIpc) is 2.62. The zero-order valence-electron chi connectivity index (χ0n) is 13.4. The molecule has 9 heteroatoms. The van der Waals surface area contributed by atoms with Crippen LogP contribution in [0.3, 0.4) is 0 Å². The molecule has 0 spiro atoms. The van der Waals surface area contributed by atoms with Gasteiger partial charge in [-0.15, -0.1) is 0 Å². The number of benzene rings is 2. The molecule has 0 aliphatic heterocycles. The van der Waals surface area contributed by atoms with E-state index in [1.807, 2.05) is 0 Å². The molecule has 3 aromatic rings. The van der Waals surface area contributed by atoms with Crippen molar-refractivity contribution in [1.29, 1.82) is 0 Å². The first kappa shape index (κ1) is 17.5. The van der Waals surface area contributed by atoms with Gasteiger partial charge in [0.05, 0.1) is 34.8 Å². The summed E-state index contributed by atoms with van der Waals surface area (Å²) in [6, 6.07) is 9.22. The van der Waals surface area contributed by atoms with Crippen LogP contribution in [0.4, 0.5) is 10.1 Å². The summed E-state index contributed by atoms with van der Waals surface area (Å²) in [7, 11) is 0. The van der Waals surface area contributed by atoms with Crippen LogP contribution in [0, 0.1) is 15.9 Å². The Balaban J connectivity index is 1.69. The van der Waals surface area contributed by atoms with Crippen molar-refractivity contribution in [3.63, 3.8) is 0 Å². The minimum atomic E-state index is -1.05. The summed E-state index contributed by atoms with van der Waals surface area (Å²) in [4.78, 5) is 26.5. The van der Waals surface area contributed by atoms with E-state index in [1.165, 1.54) is 41.2 Å². The number of aliphatic hydroxyl groups excluding tert-OH is 1. The van der Waals surface area contributed by atoms with Crippen molar-refractivity contribution in [1.82, 2.24) is 9.55 Å². The molecular formula is C17H14FN3O5. The lowest BCUT2D eigenvalue weighted by Crippen LogP contribution is -2.30. The number of aromatic nitrogens is 2. The Kier molecular flexibility index (Phi) is 4.90. The summed E-state index contributed by atoms with van der Waals surface area (Å²) < 4.78 is 19.7. The predicted molar refractivity (Wildman–Crippen MR) is 90.6 cm³/mol. The number of ether oxygens (including phenoxy) is 1. The van der Waals surface area contributed by atoms with Crippen molar-refractivity contribution in [2.45, 2.75) is 12.6 Å². The molecule has 0 unspecified atom stereocenters. The molecule has 0 saturated heterocycles. The molecule has 0 bridgehead atoms. The van der Waals surface area contributed by atoms with Crippen molar-refractivity contribution < 1.29 is 19.2 Å². The number of aliphatic hydroxyl groups is 1. The summed E-state index contributed by atoms with van der Waals surface area (Å²) in [5.74, 6) is -0.259. The normalized spacial score (nSPS) is 12.1. The summed E-state index contributed by atoms with van der Waals surface area (Å²) >= 11 is 0. The quantitative estimate of drug-likeness (QED) is 0.532. The van der Waals surface area contributed by atoms with Gasteiger partial charge in [0.2, 0.25) is 0 Å². The van der Waals surface area contributed by atoms with E-state index in [0.717, 1.165) is 12.1 Å². The lowest BCUT2D eigenvalue weighted by molar-refractivity contribution is -0.384. The van der Waals surface area contributed by atoms with E-state index in [9.17, 15) is 24.4 Å². The first-order valence-corrected chi connectivity index (χ1v) is 7.64. The van der Waals surface area contributed by atoms with Crippen molar-refractivity contribution in [2.24, 2.45) is 0 Å². The molecule has 26 heavy (non-hydrogen) atoms. The highest BCUT2D eigenvalue weighted by Crippen LogP contribution is 2.19. The molecule has 1 atom stereocenters. The van der Waals surface area contributed by atoms with E-state index in [1.54, 1.807) is 0 Å². The van der Waals surface area contributed by atoms with Gasteiger partial charge >= 0.3 is 0 Å². The van der Waals surface area contributed by atoms with Crippen LogP contribution in [0.2, 0.25) is 0 Å².